The Labute approximate surface area is 174 Å². The van der Waals surface area contributed by atoms with Crippen LogP contribution in [-0.2, 0) is 13.0 Å². The summed E-state index contributed by atoms with van der Waals surface area (Å²) >= 11 is 12.6. The average molecular weight is 411 g/mol. The molecule has 3 nitrogen and oxygen atoms in total. The number of rotatable bonds is 6. The molecule has 0 bridgehead atoms. The van der Waals surface area contributed by atoms with E-state index in [4.69, 9.17) is 32.9 Å². The second kappa shape index (κ2) is 8.26. The van der Waals surface area contributed by atoms with Gasteiger partial charge in [0.2, 0.25) is 0 Å². The zero-order valence-corrected chi connectivity index (χ0v) is 17.0. The predicted octanol–water partition coefficient (Wildman–Crippen LogP) is 6.65. The third kappa shape index (κ3) is 3.87. The van der Waals surface area contributed by atoms with Gasteiger partial charge in [-0.05, 0) is 48.7 Å². The topological polar surface area (TPSA) is 27.1 Å². The Morgan fingerprint density at radius 2 is 1.79 bits per heavy atom. The fourth-order valence-corrected chi connectivity index (χ4v) is 3.92. The lowest BCUT2D eigenvalue weighted by Gasteiger charge is -2.11. The lowest BCUT2D eigenvalue weighted by Crippen LogP contribution is -2.02. The molecule has 0 aliphatic heterocycles. The monoisotopic (exact) mass is 410 g/mol. The Balaban J connectivity index is 1.73. The van der Waals surface area contributed by atoms with Gasteiger partial charge >= 0.3 is 0 Å². The molecule has 4 aromatic rings. The Morgan fingerprint density at radius 3 is 2.54 bits per heavy atom. The van der Waals surface area contributed by atoms with E-state index in [1.807, 2.05) is 30.3 Å². The van der Waals surface area contributed by atoms with Gasteiger partial charge in [-0.25, -0.2) is 4.98 Å². The molecule has 0 saturated heterocycles. The Bertz CT molecular complexity index is 1110. The van der Waals surface area contributed by atoms with E-state index in [1.54, 1.807) is 13.2 Å². The van der Waals surface area contributed by atoms with Crippen molar-refractivity contribution < 1.29 is 4.74 Å². The quantitative estimate of drug-likeness (QED) is 0.355. The van der Waals surface area contributed by atoms with Crippen molar-refractivity contribution in [3.8, 4) is 17.1 Å². The van der Waals surface area contributed by atoms with E-state index in [2.05, 4.69) is 34.9 Å². The number of hydrogen-bond donors (Lipinski definition) is 0. The van der Waals surface area contributed by atoms with Gasteiger partial charge in [0.05, 0.1) is 23.2 Å². The third-order valence-corrected chi connectivity index (χ3v) is 5.37. The van der Waals surface area contributed by atoms with E-state index in [9.17, 15) is 0 Å². The van der Waals surface area contributed by atoms with Crippen molar-refractivity contribution >= 4 is 34.2 Å². The van der Waals surface area contributed by atoms with Crippen molar-refractivity contribution in [3.63, 3.8) is 0 Å². The van der Waals surface area contributed by atoms with Crippen molar-refractivity contribution in [3.05, 3.63) is 82.3 Å². The molecule has 0 aliphatic carbocycles. The first-order valence-electron chi connectivity index (χ1n) is 9.19. The highest BCUT2D eigenvalue weighted by Gasteiger charge is 2.16. The molecule has 0 fully saturated rings. The van der Waals surface area contributed by atoms with Crippen LogP contribution in [0.25, 0.3) is 22.4 Å². The maximum absolute atomic E-state index is 6.49. The number of halogens is 2. The van der Waals surface area contributed by atoms with Gasteiger partial charge in [-0.3, -0.25) is 0 Å². The predicted molar refractivity (Wildman–Crippen MR) is 117 cm³/mol. The molecular weight excluding hydrogens is 391 g/mol. The van der Waals surface area contributed by atoms with E-state index in [1.165, 1.54) is 5.56 Å². The van der Waals surface area contributed by atoms with Crippen molar-refractivity contribution in [2.45, 2.75) is 19.4 Å². The van der Waals surface area contributed by atoms with Gasteiger partial charge in [0.1, 0.15) is 11.6 Å². The van der Waals surface area contributed by atoms with Crippen LogP contribution in [0.5, 0.6) is 5.75 Å². The van der Waals surface area contributed by atoms with Crippen molar-refractivity contribution in [1.82, 2.24) is 9.55 Å². The van der Waals surface area contributed by atoms with Crippen molar-refractivity contribution in [2.75, 3.05) is 7.11 Å². The van der Waals surface area contributed by atoms with Gasteiger partial charge in [0.15, 0.2) is 0 Å². The molecule has 1 heterocycles. The molecule has 0 radical (unpaired) electrons. The van der Waals surface area contributed by atoms with Gasteiger partial charge in [-0.15, -0.1) is 0 Å². The summed E-state index contributed by atoms with van der Waals surface area (Å²) in [5.41, 5.74) is 4.16. The fraction of sp³-hybridized carbons (Fsp3) is 0.174. The first-order chi connectivity index (χ1) is 13.7. The minimum absolute atomic E-state index is 0.596. The summed E-state index contributed by atoms with van der Waals surface area (Å²) in [6.07, 6.45) is 2.00. The molecule has 0 unspecified atom stereocenters. The molecule has 4 rings (SSSR count). The summed E-state index contributed by atoms with van der Waals surface area (Å²) in [4.78, 5) is 4.86. The minimum atomic E-state index is 0.596. The van der Waals surface area contributed by atoms with Gasteiger partial charge in [0.25, 0.3) is 0 Å². The second-order valence-electron chi connectivity index (χ2n) is 6.66. The number of benzene rings is 3. The van der Waals surface area contributed by atoms with E-state index in [0.717, 1.165) is 47.6 Å². The summed E-state index contributed by atoms with van der Waals surface area (Å²) in [6.45, 7) is 0.839. The molecule has 5 heteroatoms. The van der Waals surface area contributed by atoms with Crippen LogP contribution >= 0.6 is 23.2 Å². The maximum Gasteiger partial charge on any atom is 0.142 e. The molecule has 142 valence electrons. The second-order valence-corrected chi connectivity index (χ2v) is 7.50. The van der Waals surface area contributed by atoms with Crippen molar-refractivity contribution in [2.24, 2.45) is 0 Å². The number of hydrogen-bond acceptors (Lipinski definition) is 2. The minimum Gasteiger partial charge on any atom is -0.497 e. The SMILES string of the molecule is COc1ccc2c(c1)nc(-c1ccc(Cl)cc1Cl)n2CCCc1ccccc1. The third-order valence-electron chi connectivity index (χ3n) is 4.82. The van der Waals surface area contributed by atoms with Crippen LogP contribution in [0, 0.1) is 0 Å². The highest BCUT2D eigenvalue weighted by molar-refractivity contribution is 6.36. The molecule has 0 saturated carbocycles. The van der Waals surface area contributed by atoms with Gasteiger partial charge in [-0.2, -0.15) is 0 Å². The van der Waals surface area contributed by atoms with Crippen LogP contribution in [-0.4, -0.2) is 16.7 Å². The van der Waals surface area contributed by atoms with Crippen LogP contribution in [0.1, 0.15) is 12.0 Å². The molecule has 0 N–H and O–H groups in total. The highest BCUT2D eigenvalue weighted by Crippen LogP contribution is 2.33. The summed E-state index contributed by atoms with van der Waals surface area (Å²) in [6, 6.07) is 22.0. The molecular formula is C23H20Cl2N2O. The number of imidazole rings is 1. The Hall–Kier alpha value is -2.49. The molecule has 0 amide bonds. The summed E-state index contributed by atoms with van der Waals surface area (Å²) in [5, 5.41) is 1.21. The molecule has 0 spiro atoms. The zero-order chi connectivity index (χ0) is 19.5. The largest absolute Gasteiger partial charge is 0.497 e. The first-order valence-corrected chi connectivity index (χ1v) is 9.95. The van der Waals surface area contributed by atoms with Gasteiger partial charge in [0, 0.05) is 23.2 Å². The number of ether oxygens (including phenoxy) is 1. The van der Waals surface area contributed by atoms with Gasteiger partial charge in [-0.1, -0.05) is 53.5 Å². The fourth-order valence-electron chi connectivity index (χ4n) is 3.43. The number of methoxy groups -OCH3 is 1. The lowest BCUT2D eigenvalue weighted by atomic mass is 10.1. The maximum atomic E-state index is 6.49. The molecule has 1 aromatic heterocycles. The zero-order valence-electron chi connectivity index (χ0n) is 15.5. The summed E-state index contributed by atoms with van der Waals surface area (Å²) in [5.74, 6) is 1.63. The smallest absolute Gasteiger partial charge is 0.142 e. The average Bonchev–Trinajstić information content (AvgIpc) is 3.06. The Morgan fingerprint density at radius 1 is 0.964 bits per heavy atom. The normalized spacial score (nSPS) is 11.1. The van der Waals surface area contributed by atoms with E-state index in [0.29, 0.717) is 10.0 Å². The van der Waals surface area contributed by atoms with Crippen LogP contribution in [0.4, 0.5) is 0 Å². The van der Waals surface area contributed by atoms with Crippen LogP contribution in [0.2, 0.25) is 10.0 Å². The molecule has 3 aromatic carbocycles. The summed E-state index contributed by atoms with van der Waals surface area (Å²) in [7, 11) is 1.66. The van der Waals surface area contributed by atoms with Crippen LogP contribution in [0.3, 0.4) is 0 Å². The molecule has 28 heavy (non-hydrogen) atoms. The number of aromatic nitrogens is 2. The molecule has 0 aliphatic rings. The van der Waals surface area contributed by atoms with Crippen LogP contribution < -0.4 is 4.74 Å². The van der Waals surface area contributed by atoms with E-state index >= 15 is 0 Å². The first kappa shape index (κ1) is 18.9. The van der Waals surface area contributed by atoms with Crippen molar-refractivity contribution in [1.29, 1.82) is 0 Å². The lowest BCUT2D eigenvalue weighted by molar-refractivity contribution is 0.415. The number of nitrogens with zero attached hydrogens (tertiary/aromatic N) is 2. The Kier molecular flexibility index (Phi) is 5.56. The van der Waals surface area contributed by atoms with E-state index < -0.39 is 0 Å². The molecule has 0 atom stereocenters. The summed E-state index contributed by atoms with van der Waals surface area (Å²) < 4.78 is 7.59. The van der Waals surface area contributed by atoms with Crippen LogP contribution in [0.15, 0.2) is 66.7 Å². The van der Waals surface area contributed by atoms with E-state index in [-0.39, 0.29) is 0 Å². The highest BCUT2D eigenvalue weighted by atomic mass is 35.5. The number of aryl methyl sites for hydroxylation is 2. The number of fused-ring (bicyclic) bond motifs is 1. The standard InChI is InChI=1S/C23H20Cl2N2O/c1-28-18-10-12-22-21(15-18)26-23(19-11-9-17(24)14-20(19)25)27(22)13-5-8-16-6-3-2-4-7-16/h2-4,6-7,9-12,14-15H,5,8,13H2,1H3. The van der Waals surface area contributed by atoms with Gasteiger partial charge < -0.3 is 9.30 Å².